The molecule has 16 nitrogen and oxygen atoms in total. The second-order valence-corrected chi connectivity index (χ2v) is 14.3. The van der Waals surface area contributed by atoms with Crippen LogP contribution in [0.25, 0.3) is 22.1 Å². The molecule has 16 heteroatoms. The van der Waals surface area contributed by atoms with Gasteiger partial charge in [0.2, 0.25) is 5.91 Å². The number of ether oxygens (including phenoxy) is 2. The Labute approximate surface area is 355 Å². The van der Waals surface area contributed by atoms with E-state index in [9.17, 15) is 19.2 Å². The number of pyridine rings is 2. The molecule has 0 bridgehead atoms. The highest BCUT2D eigenvalue weighted by Crippen LogP contribution is 2.30. The Morgan fingerprint density at radius 1 is 0.738 bits per heavy atom. The maximum Gasteiger partial charge on any atom is 0.406 e. The number of esters is 1. The molecule has 0 saturated heterocycles. The van der Waals surface area contributed by atoms with E-state index in [-0.39, 0.29) is 30.1 Å². The number of carbonyl (C=O) groups is 4. The van der Waals surface area contributed by atoms with Crippen LogP contribution in [0.5, 0.6) is 0 Å². The standard InChI is InChI=1S/C22H27N5O3.C12H17NO2.C11H13N3O2/c1-4-16(20-18-6-5-11-23-21(18)26-25-20)14-19(28)27(13-12-24-22(29)30-3)17-9-7-15(2)8-10-17;1-10-5-7-11(8-6-10)13-9-3-4-12(14)15-2;1-2-7(6-9(15)16)10-8-4-3-5-12-11(8)14-13-10/h5-11,16H,4,12-14H2,1-3H3,(H,24,29)(H,23,25,26);5-8,13H,3-4,9H2,1-2H3;3-5,7H,2,6H2,1H3,(H,15,16)(H,12,13,14). The van der Waals surface area contributed by atoms with Crippen molar-refractivity contribution in [2.24, 2.45) is 0 Å². The molecule has 61 heavy (non-hydrogen) atoms. The predicted octanol–water partition coefficient (Wildman–Crippen LogP) is 7.83. The summed E-state index contributed by atoms with van der Waals surface area (Å²) in [7, 11) is 2.73. The summed E-state index contributed by atoms with van der Waals surface area (Å²) < 4.78 is 9.17. The summed E-state index contributed by atoms with van der Waals surface area (Å²) in [6.45, 7) is 9.50. The number of methoxy groups -OCH3 is 2. The van der Waals surface area contributed by atoms with Gasteiger partial charge < -0.3 is 30.1 Å². The van der Waals surface area contributed by atoms with Crippen LogP contribution in [0.15, 0.2) is 85.2 Å². The maximum absolute atomic E-state index is 13.3. The van der Waals surface area contributed by atoms with Crippen LogP contribution in [-0.4, -0.2) is 93.3 Å². The van der Waals surface area contributed by atoms with Gasteiger partial charge in [-0.1, -0.05) is 49.2 Å². The van der Waals surface area contributed by atoms with E-state index in [2.05, 4.69) is 76.5 Å². The zero-order chi connectivity index (χ0) is 44.1. The number of alkyl carbamates (subject to hydrolysis) is 1. The van der Waals surface area contributed by atoms with Gasteiger partial charge in [-0.2, -0.15) is 10.2 Å². The molecule has 2 amide bonds. The van der Waals surface area contributed by atoms with Crippen LogP contribution in [-0.2, 0) is 23.9 Å². The Balaban J connectivity index is 0.000000222. The van der Waals surface area contributed by atoms with E-state index in [1.807, 2.05) is 74.5 Å². The van der Waals surface area contributed by atoms with E-state index in [4.69, 9.17) is 5.11 Å². The summed E-state index contributed by atoms with van der Waals surface area (Å²) in [5.74, 6) is -1.02. The highest BCUT2D eigenvalue weighted by molar-refractivity contribution is 5.94. The van der Waals surface area contributed by atoms with E-state index in [1.54, 1.807) is 17.3 Å². The summed E-state index contributed by atoms with van der Waals surface area (Å²) in [6.07, 6.45) is 6.08. The molecule has 2 unspecified atom stereocenters. The predicted molar refractivity (Wildman–Crippen MR) is 236 cm³/mol. The molecule has 0 radical (unpaired) electrons. The zero-order valence-corrected chi connectivity index (χ0v) is 35.7. The summed E-state index contributed by atoms with van der Waals surface area (Å²) in [5, 5.41) is 30.9. The third-order valence-corrected chi connectivity index (χ3v) is 9.97. The van der Waals surface area contributed by atoms with Crippen molar-refractivity contribution < 1.29 is 33.8 Å². The van der Waals surface area contributed by atoms with E-state index >= 15 is 0 Å². The first-order valence-electron chi connectivity index (χ1n) is 20.3. The highest BCUT2D eigenvalue weighted by atomic mass is 16.5. The Bertz CT molecular complexity index is 2290. The molecule has 0 fully saturated rings. The number of fused-ring (bicyclic) bond motifs is 2. The van der Waals surface area contributed by atoms with Crippen molar-refractivity contribution in [1.29, 1.82) is 0 Å². The third-order valence-electron chi connectivity index (χ3n) is 9.97. The summed E-state index contributed by atoms with van der Waals surface area (Å²) in [5.41, 5.74) is 7.32. The molecule has 6 rings (SSSR count). The molecule has 324 valence electrons. The number of amides is 2. The van der Waals surface area contributed by atoms with E-state index in [0.717, 1.165) is 64.9 Å². The van der Waals surface area contributed by atoms with Gasteiger partial charge in [-0.05, 0) is 81.6 Å². The number of aryl methyl sites for hydroxylation is 2. The van der Waals surface area contributed by atoms with Gasteiger partial charge in [-0.25, -0.2) is 14.8 Å². The maximum atomic E-state index is 13.3. The molecule has 2 aromatic carbocycles. The summed E-state index contributed by atoms with van der Waals surface area (Å²) in [6, 6.07) is 23.5. The second kappa shape index (κ2) is 24.3. The number of H-pyrrole nitrogens is 2. The van der Waals surface area contributed by atoms with Crippen molar-refractivity contribution in [2.75, 3.05) is 44.1 Å². The minimum atomic E-state index is -0.793. The number of carbonyl (C=O) groups excluding carboxylic acids is 3. The fourth-order valence-electron chi connectivity index (χ4n) is 6.50. The van der Waals surface area contributed by atoms with Gasteiger partial charge in [0.15, 0.2) is 11.3 Å². The van der Waals surface area contributed by atoms with Gasteiger partial charge in [-0.15, -0.1) is 0 Å². The van der Waals surface area contributed by atoms with Crippen molar-refractivity contribution in [1.82, 2.24) is 35.7 Å². The first kappa shape index (κ1) is 46.8. The Morgan fingerprint density at radius 2 is 1.28 bits per heavy atom. The minimum absolute atomic E-state index is 0.0202. The molecule has 0 spiro atoms. The number of carboxylic acids is 1. The Morgan fingerprint density at radius 3 is 1.79 bits per heavy atom. The smallest absolute Gasteiger partial charge is 0.406 e. The average molecular weight is 836 g/mol. The van der Waals surface area contributed by atoms with Crippen molar-refractivity contribution in [3.8, 4) is 0 Å². The number of benzene rings is 2. The van der Waals surface area contributed by atoms with Crippen molar-refractivity contribution in [2.45, 2.75) is 78.1 Å². The van der Waals surface area contributed by atoms with Crippen molar-refractivity contribution >= 4 is 57.4 Å². The number of aromatic nitrogens is 6. The summed E-state index contributed by atoms with van der Waals surface area (Å²) >= 11 is 0. The fourth-order valence-corrected chi connectivity index (χ4v) is 6.50. The lowest BCUT2D eigenvalue weighted by Gasteiger charge is -2.25. The Hall–Kier alpha value is -6.84. The van der Waals surface area contributed by atoms with Crippen LogP contribution in [0.1, 0.15) is 86.7 Å². The number of rotatable bonds is 17. The number of nitrogens with one attached hydrogen (secondary N) is 4. The molecular formula is C45H57N9O7. The monoisotopic (exact) mass is 835 g/mol. The lowest BCUT2D eigenvalue weighted by atomic mass is 9.95. The minimum Gasteiger partial charge on any atom is -0.481 e. The van der Waals surface area contributed by atoms with E-state index < -0.39 is 12.1 Å². The quantitative estimate of drug-likeness (QED) is 0.0439. The third kappa shape index (κ3) is 14.4. The first-order valence-corrected chi connectivity index (χ1v) is 20.3. The molecule has 0 aliphatic carbocycles. The topological polar surface area (TPSA) is 217 Å². The molecule has 4 aromatic heterocycles. The number of hydrogen-bond acceptors (Lipinski definition) is 11. The van der Waals surface area contributed by atoms with Crippen LogP contribution >= 0.6 is 0 Å². The number of anilines is 2. The highest BCUT2D eigenvalue weighted by Gasteiger charge is 2.24. The van der Waals surface area contributed by atoms with E-state index in [1.165, 1.54) is 19.8 Å². The summed E-state index contributed by atoms with van der Waals surface area (Å²) in [4.78, 5) is 56.3. The number of aromatic amines is 2. The average Bonchev–Trinajstić information content (AvgIpc) is 3.91. The lowest BCUT2D eigenvalue weighted by Crippen LogP contribution is -2.39. The van der Waals surface area contributed by atoms with Gasteiger partial charge in [0.1, 0.15) is 0 Å². The van der Waals surface area contributed by atoms with Gasteiger partial charge >= 0.3 is 18.0 Å². The number of hydrogen-bond donors (Lipinski definition) is 5. The molecule has 2 atom stereocenters. The van der Waals surface area contributed by atoms with Crippen LogP contribution in [0.3, 0.4) is 0 Å². The fraction of sp³-hybridized carbons (Fsp3) is 0.378. The molecule has 4 heterocycles. The van der Waals surface area contributed by atoms with Crippen LogP contribution in [0.2, 0.25) is 0 Å². The van der Waals surface area contributed by atoms with Gasteiger partial charge in [0, 0.05) is 90.2 Å². The van der Waals surface area contributed by atoms with Crippen molar-refractivity contribution in [3.63, 3.8) is 0 Å². The molecule has 0 saturated carbocycles. The van der Waals surface area contributed by atoms with Crippen LogP contribution in [0.4, 0.5) is 16.2 Å². The zero-order valence-electron chi connectivity index (χ0n) is 35.7. The van der Waals surface area contributed by atoms with Gasteiger partial charge in [-0.3, -0.25) is 24.6 Å². The molecule has 6 aromatic rings. The largest absolute Gasteiger partial charge is 0.481 e. The first-order chi connectivity index (χ1) is 29.5. The number of carboxylic acid groups (broad SMARTS) is 1. The van der Waals surface area contributed by atoms with Crippen LogP contribution in [0, 0.1) is 13.8 Å². The lowest BCUT2D eigenvalue weighted by molar-refractivity contribution is -0.140. The Kier molecular flexibility index (Phi) is 18.7. The van der Waals surface area contributed by atoms with Gasteiger partial charge in [0.05, 0.1) is 20.6 Å². The number of aliphatic carboxylic acids is 1. The molecule has 0 aliphatic rings. The van der Waals surface area contributed by atoms with Crippen molar-refractivity contribution in [3.05, 3.63) is 108 Å². The normalized spacial score (nSPS) is 11.6. The van der Waals surface area contributed by atoms with Gasteiger partial charge in [0.25, 0.3) is 0 Å². The molecular weight excluding hydrogens is 779 g/mol. The second-order valence-electron chi connectivity index (χ2n) is 14.3. The SMILES string of the molecule is CCC(CC(=O)N(CCNC(=O)OC)c1ccc(C)cc1)c1[nH]nc2ncccc12.CCC(CC(=O)O)c1[nH]nc2ncccc12.COC(=O)CCCNc1ccc(C)cc1. The van der Waals surface area contributed by atoms with E-state index in [0.29, 0.717) is 37.2 Å². The molecule has 0 aliphatic heterocycles. The van der Waals surface area contributed by atoms with Crippen LogP contribution < -0.4 is 15.5 Å². The number of nitrogens with zero attached hydrogens (tertiary/aromatic N) is 5. The molecule has 5 N–H and O–H groups in total.